The largest absolute Gasteiger partial charge is 0.481 e. The Morgan fingerprint density at radius 2 is 2.31 bits per heavy atom. The number of piperidine rings is 1. The Labute approximate surface area is 75.7 Å². The third-order valence-corrected chi connectivity index (χ3v) is 2.14. The van der Waals surface area contributed by atoms with Crippen LogP contribution in [0.15, 0.2) is 0 Å². The first-order valence-electron chi connectivity index (χ1n) is 4.24. The van der Waals surface area contributed by atoms with Crippen LogP contribution < -0.4 is 5.32 Å². The van der Waals surface area contributed by atoms with Gasteiger partial charge >= 0.3 is 5.97 Å². The SMILES string of the molecule is O=C(O)C[C@H]1CC(=O)N[C@H](CO)C1. The quantitative estimate of drug-likeness (QED) is 0.548. The zero-order valence-electron chi connectivity index (χ0n) is 7.19. The molecule has 1 fully saturated rings. The first-order valence-corrected chi connectivity index (χ1v) is 4.24. The van der Waals surface area contributed by atoms with Crippen molar-refractivity contribution in [2.24, 2.45) is 5.92 Å². The molecule has 0 aliphatic carbocycles. The van der Waals surface area contributed by atoms with E-state index in [-0.39, 0.29) is 37.3 Å². The van der Waals surface area contributed by atoms with Crippen molar-refractivity contribution in [1.82, 2.24) is 5.32 Å². The van der Waals surface area contributed by atoms with Gasteiger partial charge in [-0.15, -0.1) is 0 Å². The normalized spacial score (nSPS) is 28.2. The predicted molar refractivity (Wildman–Crippen MR) is 44.0 cm³/mol. The van der Waals surface area contributed by atoms with Crippen LogP contribution in [0.1, 0.15) is 19.3 Å². The topological polar surface area (TPSA) is 86.6 Å². The van der Waals surface area contributed by atoms with Gasteiger partial charge in [0.2, 0.25) is 5.91 Å². The number of carboxylic acid groups (broad SMARTS) is 1. The van der Waals surface area contributed by atoms with Crippen LogP contribution in [0.4, 0.5) is 0 Å². The van der Waals surface area contributed by atoms with Crippen molar-refractivity contribution in [3.63, 3.8) is 0 Å². The van der Waals surface area contributed by atoms with Crippen LogP contribution in [-0.4, -0.2) is 34.7 Å². The van der Waals surface area contributed by atoms with Crippen LogP contribution in [0.25, 0.3) is 0 Å². The molecule has 0 bridgehead atoms. The van der Waals surface area contributed by atoms with Crippen LogP contribution in [0, 0.1) is 5.92 Å². The van der Waals surface area contributed by atoms with Crippen molar-refractivity contribution in [2.45, 2.75) is 25.3 Å². The van der Waals surface area contributed by atoms with E-state index in [1.165, 1.54) is 0 Å². The molecule has 0 aromatic heterocycles. The maximum Gasteiger partial charge on any atom is 0.303 e. The predicted octanol–water partition coefficient (Wildman–Crippen LogP) is -0.652. The molecule has 1 amide bonds. The summed E-state index contributed by atoms with van der Waals surface area (Å²) in [6.07, 6.45) is 0.807. The first kappa shape index (κ1) is 9.98. The molecular weight excluding hydrogens is 174 g/mol. The number of carboxylic acids is 1. The van der Waals surface area contributed by atoms with Crippen molar-refractivity contribution in [3.8, 4) is 0 Å². The van der Waals surface area contributed by atoms with Gasteiger partial charge in [-0.05, 0) is 12.3 Å². The van der Waals surface area contributed by atoms with Crippen LogP contribution >= 0.6 is 0 Å². The zero-order valence-corrected chi connectivity index (χ0v) is 7.19. The molecule has 13 heavy (non-hydrogen) atoms. The van der Waals surface area contributed by atoms with Crippen molar-refractivity contribution in [1.29, 1.82) is 0 Å². The van der Waals surface area contributed by atoms with Crippen molar-refractivity contribution in [2.75, 3.05) is 6.61 Å². The van der Waals surface area contributed by atoms with E-state index in [1.807, 2.05) is 0 Å². The second kappa shape index (κ2) is 4.23. The number of aliphatic hydroxyl groups is 1. The van der Waals surface area contributed by atoms with Crippen molar-refractivity contribution in [3.05, 3.63) is 0 Å². The summed E-state index contributed by atoms with van der Waals surface area (Å²) in [6, 6.07) is -0.273. The monoisotopic (exact) mass is 187 g/mol. The highest BCUT2D eigenvalue weighted by atomic mass is 16.4. The number of carbonyl (C=O) groups excluding carboxylic acids is 1. The maximum atomic E-state index is 11.0. The lowest BCUT2D eigenvalue weighted by molar-refractivity contribution is -0.139. The molecule has 1 rings (SSSR count). The Morgan fingerprint density at radius 3 is 2.85 bits per heavy atom. The summed E-state index contributed by atoms with van der Waals surface area (Å²) in [5.41, 5.74) is 0. The van der Waals surface area contributed by atoms with Crippen LogP contribution in [0.2, 0.25) is 0 Å². The maximum absolute atomic E-state index is 11.0. The van der Waals surface area contributed by atoms with Gasteiger partial charge < -0.3 is 15.5 Å². The van der Waals surface area contributed by atoms with E-state index < -0.39 is 5.97 Å². The minimum Gasteiger partial charge on any atom is -0.481 e. The number of aliphatic hydroxyl groups excluding tert-OH is 1. The summed E-state index contributed by atoms with van der Waals surface area (Å²) in [7, 11) is 0. The molecule has 5 nitrogen and oxygen atoms in total. The minimum atomic E-state index is -0.892. The fraction of sp³-hybridized carbons (Fsp3) is 0.750. The molecule has 3 N–H and O–H groups in total. The molecule has 0 radical (unpaired) electrons. The number of nitrogens with one attached hydrogen (secondary N) is 1. The standard InChI is InChI=1S/C8H13NO4/c10-4-6-1-5(3-8(12)13)2-7(11)9-6/h5-6,10H,1-4H2,(H,9,11)(H,12,13)/t5-,6+/m1/s1. The zero-order chi connectivity index (χ0) is 9.84. The van der Waals surface area contributed by atoms with Gasteiger partial charge in [-0.3, -0.25) is 9.59 Å². The second-order valence-corrected chi connectivity index (χ2v) is 3.35. The van der Waals surface area contributed by atoms with Gasteiger partial charge in [0.15, 0.2) is 0 Å². The Morgan fingerprint density at radius 1 is 1.62 bits per heavy atom. The van der Waals surface area contributed by atoms with E-state index in [9.17, 15) is 9.59 Å². The highest BCUT2D eigenvalue weighted by Crippen LogP contribution is 2.20. The second-order valence-electron chi connectivity index (χ2n) is 3.35. The smallest absolute Gasteiger partial charge is 0.303 e. The number of rotatable bonds is 3. The molecule has 0 spiro atoms. The highest BCUT2D eigenvalue weighted by Gasteiger charge is 2.27. The number of aliphatic carboxylic acids is 1. The molecule has 1 heterocycles. The molecule has 1 aliphatic rings. The van der Waals surface area contributed by atoms with E-state index in [0.29, 0.717) is 6.42 Å². The lowest BCUT2D eigenvalue weighted by Crippen LogP contribution is -2.44. The Bertz CT molecular complexity index is 214. The van der Waals surface area contributed by atoms with Crippen LogP contribution in [0.3, 0.4) is 0 Å². The van der Waals surface area contributed by atoms with E-state index >= 15 is 0 Å². The average molecular weight is 187 g/mol. The van der Waals surface area contributed by atoms with Gasteiger partial charge in [0.25, 0.3) is 0 Å². The molecule has 1 saturated heterocycles. The first-order chi connectivity index (χ1) is 6.11. The Balaban J connectivity index is 2.47. The van der Waals surface area contributed by atoms with Gasteiger partial charge in [-0.25, -0.2) is 0 Å². The number of amides is 1. The number of hydrogen-bond acceptors (Lipinski definition) is 3. The third-order valence-electron chi connectivity index (χ3n) is 2.14. The summed E-state index contributed by atoms with van der Waals surface area (Å²) in [5.74, 6) is -1.20. The summed E-state index contributed by atoms with van der Waals surface area (Å²) in [4.78, 5) is 21.4. The van der Waals surface area contributed by atoms with Crippen LogP contribution in [0.5, 0.6) is 0 Å². The molecular formula is C8H13NO4. The minimum absolute atomic E-state index is 0.00389. The Hall–Kier alpha value is -1.10. The number of carbonyl (C=O) groups is 2. The molecule has 1 aliphatic heterocycles. The van der Waals surface area contributed by atoms with E-state index in [1.54, 1.807) is 0 Å². The molecule has 0 saturated carbocycles. The molecule has 74 valence electrons. The summed E-state index contributed by atoms with van der Waals surface area (Å²) in [6.45, 7) is -0.123. The fourth-order valence-electron chi connectivity index (χ4n) is 1.62. The summed E-state index contributed by atoms with van der Waals surface area (Å²) < 4.78 is 0. The molecule has 0 aromatic carbocycles. The van der Waals surface area contributed by atoms with Gasteiger partial charge in [0.1, 0.15) is 0 Å². The van der Waals surface area contributed by atoms with Crippen LogP contribution in [-0.2, 0) is 9.59 Å². The summed E-state index contributed by atoms with van der Waals surface area (Å²) >= 11 is 0. The lowest BCUT2D eigenvalue weighted by Gasteiger charge is -2.27. The summed E-state index contributed by atoms with van der Waals surface area (Å²) in [5, 5.41) is 19.9. The number of hydrogen-bond donors (Lipinski definition) is 3. The van der Waals surface area contributed by atoms with E-state index in [2.05, 4.69) is 5.32 Å². The molecule has 5 heteroatoms. The van der Waals surface area contributed by atoms with Gasteiger partial charge in [0, 0.05) is 12.8 Å². The van der Waals surface area contributed by atoms with E-state index in [4.69, 9.17) is 10.2 Å². The highest BCUT2D eigenvalue weighted by molar-refractivity contribution is 5.78. The van der Waals surface area contributed by atoms with Gasteiger partial charge in [-0.1, -0.05) is 0 Å². The van der Waals surface area contributed by atoms with Gasteiger partial charge in [-0.2, -0.15) is 0 Å². The lowest BCUT2D eigenvalue weighted by atomic mass is 9.90. The third kappa shape index (κ3) is 3.02. The van der Waals surface area contributed by atoms with Gasteiger partial charge in [0.05, 0.1) is 12.6 Å². The molecule has 0 unspecified atom stereocenters. The molecule has 2 atom stereocenters. The van der Waals surface area contributed by atoms with Crippen molar-refractivity contribution >= 4 is 11.9 Å². The average Bonchev–Trinajstić information content (AvgIpc) is 2.01. The Kier molecular flexibility index (Phi) is 3.25. The molecule has 0 aromatic rings. The fourth-order valence-corrected chi connectivity index (χ4v) is 1.62. The van der Waals surface area contributed by atoms with Crippen molar-refractivity contribution < 1.29 is 19.8 Å². The van der Waals surface area contributed by atoms with E-state index in [0.717, 1.165) is 0 Å².